The van der Waals surface area contributed by atoms with E-state index in [2.05, 4.69) is 17.0 Å². The summed E-state index contributed by atoms with van der Waals surface area (Å²) in [6, 6.07) is 15.9. The molecule has 0 saturated carbocycles. The normalized spacial score (nSPS) is 14.1. The number of nitrogens with zero attached hydrogens (tertiary/aromatic N) is 2. The van der Waals surface area contributed by atoms with Crippen LogP contribution in [0.25, 0.3) is 0 Å². The van der Waals surface area contributed by atoms with Gasteiger partial charge in [-0.3, -0.25) is 0 Å². The molecule has 6 heteroatoms. The van der Waals surface area contributed by atoms with E-state index >= 15 is 0 Å². The van der Waals surface area contributed by atoms with Crippen molar-refractivity contribution in [2.45, 2.75) is 13.0 Å². The average Bonchev–Trinajstić information content (AvgIpc) is 2.73. The van der Waals surface area contributed by atoms with Crippen molar-refractivity contribution in [2.24, 2.45) is 5.73 Å². The number of ether oxygens (including phenoxy) is 2. The van der Waals surface area contributed by atoms with Crippen molar-refractivity contribution in [3.63, 3.8) is 0 Å². The first-order valence-electron chi connectivity index (χ1n) is 9.29. The molecular formula is C21H27N3O3. The highest BCUT2D eigenvalue weighted by atomic mass is 16.6. The highest BCUT2D eigenvalue weighted by Crippen LogP contribution is 2.27. The third-order valence-corrected chi connectivity index (χ3v) is 4.79. The van der Waals surface area contributed by atoms with Crippen molar-refractivity contribution in [1.82, 2.24) is 4.90 Å². The van der Waals surface area contributed by atoms with Crippen LogP contribution in [0, 0.1) is 0 Å². The van der Waals surface area contributed by atoms with E-state index in [0.717, 1.165) is 42.1 Å². The van der Waals surface area contributed by atoms with Crippen LogP contribution >= 0.6 is 0 Å². The fourth-order valence-electron chi connectivity index (χ4n) is 3.25. The fourth-order valence-corrected chi connectivity index (χ4v) is 3.25. The van der Waals surface area contributed by atoms with Gasteiger partial charge in [-0.15, -0.1) is 0 Å². The van der Waals surface area contributed by atoms with Crippen LogP contribution in [0.3, 0.4) is 0 Å². The third kappa shape index (κ3) is 4.92. The number of hydrogen-bond donors (Lipinski definition) is 1. The topological polar surface area (TPSA) is 68.0 Å². The number of hydrogen-bond acceptors (Lipinski definition) is 5. The van der Waals surface area contributed by atoms with Gasteiger partial charge >= 0.3 is 6.09 Å². The summed E-state index contributed by atoms with van der Waals surface area (Å²) in [5, 5.41) is 0. The zero-order valence-electron chi connectivity index (χ0n) is 15.8. The SMILES string of the molecule is COc1cc(N2CCN(C(=O)OCc3ccccc3)CC2)ccc1CCN. The van der Waals surface area contributed by atoms with Crippen molar-refractivity contribution >= 4 is 11.8 Å². The lowest BCUT2D eigenvalue weighted by Crippen LogP contribution is -2.48. The minimum Gasteiger partial charge on any atom is -0.496 e. The van der Waals surface area contributed by atoms with Crippen LogP contribution in [0.15, 0.2) is 48.5 Å². The summed E-state index contributed by atoms with van der Waals surface area (Å²) >= 11 is 0. The van der Waals surface area contributed by atoms with E-state index in [1.807, 2.05) is 36.4 Å². The largest absolute Gasteiger partial charge is 0.496 e. The highest BCUT2D eigenvalue weighted by molar-refractivity contribution is 5.68. The van der Waals surface area contributed by atoms with E-state index in [9.17, 15) is 4.79 Å². The third-order valence-electron chi connectivity index (χ3n) is 4.79. The van der Waals surface area contributed by atoms with E-state index in [0.29, 0.717) is 26.2 Å². The van der Waals surface area contributed by atoms with Crippen LogP contribution < -0.4 is 15.4 Å². The second kappa shape index (κ2) is 9.28. The maximum atomic E-state index is 12.3. The van der Waals surface area contributed by atoms with E-state index in [-0.39, 0.29) is 6.09 Å². The zero-order valence-corrected chi connectivity index (χ0v) is 15.8. The number of anilines is 1. The number of rotatable bonds is 6. The molecule has 6 nitrogen and oxygen atoms in total. The molecule has 3 rings (SSSR count). The Morgan fingerprint density at radius 3 is 2.48 bits per heavy atom. The molecule has 0 radical (unpaired) electrons. The lowest BCUT2D eigenvalue weighted by molar-refractivity contribution is 0.0942. The van der Waals surface area contributed by atoms with E-state index in [4.69, 9.17) is 15.2 Å². The molecule has 0 spiro atoms. The average molecular weight is 369 g/mol. The molecule has 27 heavy (non-hydrogen) atoms. The van der Waals surface area contributed by atoms with Crippen molar-refractivity contribution < 1.29 is 14.3 Å². The Balaban J connectivity index is 1.53. The van der Waals surface area contributed by atoms with E-state index in [1.54, 1.807) is 12.0 Å². The van der Waals surface area contributed by atoms with Gasteiger partial charge in [0.25, 0.3) is 0 Å². The van der Waals surface area contributed by atoms with Crippen LogP contribution in [0.4, 0.5) is 10.5 Å². The smallest absolute Gasteiger partial charge is 0.410 e. The first-order chi connectivity index (χ1) is 13.2. The molecule has 2 aromatic rings. The summed E-state index contributed by atoms with van der Waals surface area (Å²) in [5.74, 6) is 0.864. The predicted octanol–water partition coefficient (Wildman–Crippen LogP) is 2.66. The molecule has 0 bridgehead atoms. The molecule has 1 aliphatic rings. The van der Waals surface area contributed by atoms with Crippen molar-refractivity contribution in [3.05, 3.63) is 59.7 Å². The van der Waals surface area contributed by atoms with Crippen molar-refractivity contribution in [1.29, 1.82) is 0 Å². The fraction of sp³-hybridized carbons (Fsp3) is 0.381. The van der Waals surface area contributed by atoms with Gasteiger partial charge in [-0.05, 0) is 30.2 Å². The Morgan fingerprint density at radius 1 is 1.07 bits per heavy atom. The second-order valence-electron chi connectivity index (χ2n) is 6.55. The maximum Gasteiger partial charge on any atom is 0.410 e. The quantitative estimate of drug-likeness (QED) is 0.848. The Labute approximate surface area is 160 Å². The molecule has 1 heterocycles. The molecule has 2 aromatic carbocycles. The summed E-state index contributed by atoms with van der Waals surface area (Å²) in [4.78, 5) is 16.3. The molecular weight excluding hydrogens is 342 g/mol. The Morgan fingerprint density at radius 2 is 1.81 bits per heavy atom. The Kier molecular flexibility index (Phi) is 6.54. The van der Waals surface area contributed by atoms with Gasteiger partial charge in [-0.2, -0.15) is 0 Å². The number of amides is 1. The van der Waals surface area contributed by atoms with Gasteiger partial charge in [0.1, 0.15) is 12.4 Å². The van der Waals surface area contributed by atoms with Gasteiger partial charge in [0.15, 0.2) is 0 Å². The lowest BCUT2D eigenvalue weighted by Gasteiger charge is -2.35. The van der Waals surface area contributed by atoms with E-state index in [1.165, 1.54) is 0 Å². The molecule has 0 unspecified atom stereocenters. The Bertz CT molecular complexity index is 744. The van der Waals surface area contributed by atoms with Crippen LogP contribution in [-0.4, -0.2) is 50.8 Å². The Hall–Kier alpha value is -2.73. The second-order valence-corrected chi connectivity index (χ2v) is 6.55. The number of carbonyl (C=O) groups is 1. The van der Waals surface area contributed by atoms with Crippen LogP contribution in [0.1, 0.15) is 11.1 Å². The van der Waals surface area contributed by atoms with Crippen LogP contribution in [0.5, 0.6) is 5.75 Å². The van der Waals surface area contributed by atoms with Gasteiger partial charge in [0.05, 0.1) is 7.11 Å². The monoisotopic (exact) mass is 369 g/mol. The van der Waals surface area contributed by atoms with Gasteiger partial charge in [0, 0.05) is 37.9 Å². The number of piperazine rings is 1. The van der Waals surface area contributed by atoms with E-state index < -0.39 is 0 Å². The molecule has 0 aliphatic carbocycles. The van der Waals surface area contributed by atoms with Gasteiger partial charge < -0.3 is 25.0 Å². The lowest BCUT2D eigenvalue weighted by atomic mass is 10.1. The standard InChI is InChI=1S/C21H27N3O3/c1-26-20-15-19(8-7-18(20)9-10-22)23-11-13-24(14-12-23)21(25)27-16-17-5-3-2-4-6-17/h2-8,15H,9-14,16,22H2,1H3. The molecule has 0 aromatic heterocycles. The summed E-state index contributed by atoms with van der Waals surface area (Å²) in [7, 11) is 1.68. The minimum atomic E-state index is -0.255. The molecule has 1 saturated heterocycles. The van der Waals surface area contributed by atoms with Crippen molar-refractivity contribution in [3.8, 4) is 5.75 Å². The minimum absolute atomic E-state index is 0.255. The first kappa shape index (κ1) is 19.0. The number of nitrogens with two attached hydrogens (primary N) is 1. The van der Waals surface area contributed by atoms with Crippen LogP contribution in [0.2, 0.25) is 0 Å². The predicted molar refractivity (Wildman–Crippen MR) is 106 cm³/mol. The summed E-state index contributed by atoms with van der Waals surface area (Å²) in [6.07, 6.45) is 0.541. The number of methoxy groups -OCH3 is 1. The van der Waals surface area contributed by atoms with Gasteiger partial charge in [-0.1, -0.05) is 36.4 Å². The van der Waals surface area contributed by atoms with Crippen molar-refractivity contribution in [2.75, 3.05) is 44.7 Å². The number of benzene rings is 2. The summed E-state index contributed by atoms with van der Waals surface area (Å²) < 4.78 is 10.9. The molecule has 144 valence electrons. The molecule has 1 amide bonds. The van der Waals surface area contributed by atoms with Gasteiger partial charge in [0.2, 0.25) is 0 Å². The number of carbonyl (C=O) groups excluding carboxylic acids is 1. The molecule has 1 aliphatic heterocycles. The summed E-state index contributed by atoms with van der Waals surface area (Å²) in [5.41, 5.74) is 8.87. The molecule has 2 N–H and O–H groups in total. The maximum absolute atomic E-state index is 12.3. The molecule has 0 atom stereocenters. The highest BCUT2D eigenvalue weighted by Gasteiger charge is 2.23. The zero-order chi connectivity index (χ0) is 19.1. The summed E-state index contributed by atoms with van der Waals surface area (Å²) in [6.45, 7) is 3.71. The molecule has 1 fully saturated rings. The van der Waals surface area contributed by atoms with Crippen LogP contribution in [-0.2, 0) is 17.8 Å². The van der Waals surface area contributed by atoms with Gasteiger partial charge in [-0.25, -0.2) is 4.79 Å². The first-order valence-corrected chi connectivity index (χ1v) is 9.29.